The minimum absolute atomic E-state index is 0.0327. The molecular formula is C13H10F6N2O. The molecule has 120 valence electrons. The zero-order chi connectivity index (χ0) is 16.9. The number of hydrogen-bond acceptors (Lipinski definition) is 3. The van der Waals surface area contributed by atoms with Gasteiger partial charge in [0.1, 0.15) is 0 Å². The van der Waals surface area contributed by atoms with E-state index in [0.717, 1.165) is 12.1 Å². The molecule has 9 heteroatoms. The highest BCUT2D eigenvalue weighted by molar-refractivity contribution is 5.93. The van der Waals surface area contributed by atoms with Crippen molar-refractivity contribution >= 4 is 22.1 Å². The number of anilines is 2. The molecule has 0 heterocycles. The molecule has 0 saturated heterocycles. The maximum Gasteiger partial charge on any atom is 0.430 e. The van der Waals surface area contributed by atoms with Crippen molar-refractivity contribution in [2.45, 2.75) is 18.0 Å². The molecule has 3 nitrogen and oxygen atoms in total. The van der Waals surface area contributed by atoms with Crippen molar-refractivity contribution in [1.29, 1.82) is 0 Å². The SMILES string of the molecule is Nc1ccc2ccc(N)c(C(O)(C(F)(F)F)C(F)(F)F)c2c1. The smallest absolute Gasteiger partial charge is 0.399 e. The third-order valence-electron chi connectivity index (χ3n) is 3.26. The van der Waals surface area contributed by atoms with Crippen LogP contribution in [0, 0.1) is 0 Å². The molecule has 0 radical (unpaired) electrons. The van der Waals surface area contributed by atoms with Crippen LogP contribution in [0.25, 0.3) is 10.8 Å². The van der Waals surface area contributed by atoms with Gasteiger partial charge in [-0.3, -0.25) is 0 Å². The van der Waals surface area contributed by atoms with Crippen LogP contribution in [0.15, 0.2) is 30.3 Å². The highest BCUT2D eigenvalue weighted by Crippen LogP contribution is 2.53. The first kappa shape index (κ1) is 16.2. The van der Waals surface area contributed by atoms with Gasteiger partial charge in [-0.2, -0.15) is 26.3 Å². The van der Waals surface area contributed by atoms with E-state index in [1.54, 1.807) is 0 Å². The van der Waals surface area contributed by atoms with E-state index in [0.29, 0.717) is 0 Å². The molecule has 2 rings (SSSR count). The van der Waals surface area contributed by atoms with Gasteiger partial charge in [0, 0.05) is 16.9 Å². The molecule has 0 aliphatic heterocycles. The second-order valence-corrected chi connectivity index (χ2v) is 4.72. The van der Waals surface area contributed by atoms with Gasteiger partial charge < -0.3 is 16.6 Å². The quantitative estimate of drug-likeness (QED) is 0.557. The van der Waals surface area contributed by atoms with E-state index in [9.17, 15) is 31.4 Å². The number of aliphatic hydroxyl groups is 1. The van der Waals surface area contributed by atoms with Crippen molar-refractivity contribution in [2.24, 2.45) is 0 Å². The van der Waals surface area contributed by atoms with Gasteiger partial charge in [-0.05, 0) is 29.0 Å². The van der Waals surface area contributed by atoms with Gasteiger partial charge in [0.2, 0.25) is 0 Å². The molecule has 0 unspecified atom stereocenters. The average molecular weight is 324 g/mol. The Morgan fingerprint density at radius 1 is 0.818 bits per heavy atom. The Labute approximate surface area is 120 Å². The molecule has 0 atom stereocenters. The predicted molar refractivity (Wildman–Crippen MR) is 68.8 cm³/mol. The Kier molecular flexibility index (Phi) is 3.44. The topological polar surface area (TPSA) is 72.3 Å². The van der Waals surface area contributed by atoms with Crippen LogP contribution in [-0.2, 0) is 5.60 Å². The number of rotatable bonds is 1. The number of halogens is 6. The first-order valence-electron chi connectivity index (χ1n) is 5.83. The molecule has 0 amide bonds. The molecule has 0 aromatic heterocycles. The summed E-state index contributed by atoms with van der Waals surface area (Å²) in [6.07, 6.45) is -12.0. The zero-order valence-corrected chi connectivity index (χ0v) is 10.8. The summed E-state index contributed by atoms with van der Waals surface area (Å²) in [5.74, 6) is 0. The molecular weight excluding hydrogens is 314 g/mol. The molecule has 5 N–H and O–H groups in total. The minimum atomic E-state index is -6.02. The number of nitrogens with two attached hydrogens (primary N) is 2. The predicted octanol–water partition coefficient (Wildman–Crippen LogP) is 3.32. The Bertz CT molecular complexity index is 704. The van der Waals surface area contributed by atoms with Gasteiger partial charge in [0.05, 0.1) is 0 Å². The first-order valence-corrected chi connectivity index (χ1v) is 5.83. The van der Waals surface area contributed by atoms with Crippen LogP contribution in [0.1, 0.15) is 5.56 Å². The molecule has 22 heavy (non-hydrogen) atoms. The number of alkyl halides is 6. The van der Waals surface area contributed by atoms with Gasteiger partial charge in [-0.25, -0.2) is 0 Å². The fourth-order valence-corrected chi connectivity index (χ4v) is 2.20. The number of nitrogen functional groups attached to an aromatic ring is 2. The van der Waals surface area contributed by atoms with E-state index in [4.69, 9.17) is 11.5 Å². The largest absolute Gasteiger partial charge is 0.430 e. The van der Waals surface area contributed by atoms with E-state index in [1.165, 1.54) is 18.2 Å². The lowest BCUT2D eigenvalue weighted by atomic mass is 9.86. The summed E-state index contributed by atoms with van der Waals surface area (Å²) in [4.78, 5) is 0. The standard InChI is InChI=1S/C13H10F6N2O/c14-12(15,16)11(22,13(17,18)19)10-8-5-7(20)3-1-6(8)2-4-9(10)21/h1-5,22H,20-21H2. The van der Waals surface area contributed by atoms with Crippen molar-refractivity contribution in [1.82, 2.24) is 0 Å². The zero-order valence-electron chi connectivity index (χ0n) is 10.8. The van der Waals surface area contributed by atoms with Crippen LogP contribution in [-0.4, -0.2) is 17.5 Å². The molecule has 0 bridgehead atoms. The summed E-state index contributed by atoms with van der Waals surface area (Å²) in [6, 6.07) is 5.56. The Morgan fingerprint density at radius 3 is 1.82 bits per heavy atom. The van der Waals surface area contributed by atoms with Crippen LogP contribution >= 0.6 is 0 Å². The molecule has 2 aromatic carbocycles. The van der Waals surface area contributed by atoms with Crippen molar-refractivity contribution < 1.29 is 31.4 Å². The fourth-order valence-electron chi connectivity index (χ4n) is 2.20. The summed E-state index contributed by atoms with van der Waals surface area (Å²) >= 11 is 0. The molecule has 0 aliphatic carbocycles. The van der Waals surface area contributed by atoms with Gasteiger partial charge >= 0.3 is 12.4 Å². The maximum absolute atomic E-state index is 13.0. The van der Waals surface area contributed by atoms with Crippen molar-refractivity contribution in [2.75, 3.05) is 11.5 Å². The Balaban J connectivity index is 2.98. The van der Waals surface area contributed by atoms with E-state index < -0.39 is 34.6 Å². The van der Waals surface area contributed by atoms with Crippen molar-refractivity contribution in [3.8, 4) is 0 Å². The summed E-state index contributed by atoms with van der Waals surface area (Å²) in [6.45, 7) is 0. The van der Waals surface area contributed by atoms with Gasteiger partial charge in [0.15, 0.2) is 0 Å². The lowest BCUT2D eigenvalue weighted by Crippen LogP contribution is -2.54. The Morgan fingerprint density at radius 2 is 1.32 bits per heavy atom. The van der Waals surface area contributed by atoms with Crippen LogP contribution < -0.4 is 11.5 Å². The van der Waals surface area contributed by atoms with Gasteiger partial charge in [-0.15, -0.1) is 0 Å². The highest BCUT2D eigenvalue weighted by Gasteiger charge is 2.72. The fraction of sp³-hybridized carbons (Fsp3) is 0.231. The minimum Gasteiger partial charge on any atom is -0.399 e. The van der Waals surface area contributed by atoms with Crippen LogP contribution in [0.2, 0.25) is 0 Å². The molecule has 0 fully saturated rings. The summed E-state index contributed by atoms with van der Waals surface area (Å²) in [5, 5.41) is 9.07. The lowest BCUT2D eigenvalue weighted by Gasteiger charge is -2.34. The number of hydrogen-bond donors (Lipinski definition) is 3. The lowest BCUT2D eigenvalue weighted by molar-refractivity contribution is -0.375. The highest BCUT2D eigenvalue weighted by atomic mass is 19.4. The molecule has 2 aromatic rings. The third-order valence-corrected chi connectivity index (χ3v) is 3.26. The van der Waals surface area contributed by atoms with Crippen molar-refractivity contribution in [3.63, 3.8) is 0 Å². The third kappa shape index (κ3) is 2.21. The molecule has 0 saturated carbocycles. The van der Waals surface area contributed by atoms with Crippen LogP contribution in [0.5, 0.6) is 0 Å². The number of fused-ring (bicyclic) bond motifs is 1. The Hall–Kier alpha value is -2.16. The van der Waals surface area contributed by atoms with E-state index >= 15 is 0 Å². The van der Waals surface area contributed by atoms with Crippen LogP contribution in [0.3, 0.4) is 0 Å². The monoisotopic (exact) mass is 324 g/mol. The first-order chi connectivity index (χ1) is 9.89. The van der Waals surface area contributed by atoms with Crippen LogP contribution in [0.4, 0.5) is 37.7 Å². The summed E-state index contributed by atoms with van der Waals surface area (Å²) in [7, 11) is 0. The van der Waals surface area contributed by atoms with Gasteiger partial charge in [-0.1, -0.05) is 12.1 Å². The second-order valence-electron chi connectivity index (χ2n) is 4.72. The average Bonchev–Trinajstić information content (AvgIpc) is 2.35. The summed E-state index contributed by atoms with van der Waals surface area (Å²) in [5.41, 5.74) is 3.26. The van der Waals surface area contributed by atoms with E-state index in [-0.39, 0.29) is 11.1 Å². The van der Waals surface area contributed by atoms with Gasteiger partial charge in [0.25, 0.3) is 5.60 Å². The summed E-state index contributed by atoms with van der Waals surface area (Å²) < 4.78 is 78.2. The van der Waals surface area contributed by atoms with E-state index in [1.807, 2.05) is 0 Å². The normalized spacial score (nSPS) is 13.6. The second kappa shape index (κ2) is 4.67. The van der Waals surface area contributed by atoms with Crippen molar-refractivity contribution in [3.05, 3.63) is 35.9 Å². The number of benzene rings is 2. The van der Waals surface area contributed by atoms with E-state index in [2.05, 4.69) is 0 Å². The maximum atomic E-state index is 13.0. The molecule has 0 spiro atoms. The molecule has 0 aliphatic rings.